The van der Waals surface area contributed by atoms with Crippen molar-refractivity contribution >= 4 is 17.1 Å². The van der Waals surface area contributed by atoms with E-state index < -0.39 is 23.3 Å². The normalized spacial score (nSPS) is 12.1. The standard InChI is InChI=1S/C20H22N4O4/c1-5-11-22-18(25)16-17(21-12-23(16)14(4)19(26)28-6-2)24(20(22)27)15-10-8-7-9-13(15)3/h5,7-10,12,14H,1,6,11H2,2-4H3/t14-/m1/s1. The van der Waals surface area contributed by atoms with E-state index in [1.807, 2.05) is 25.1 Å². The maximum absolute atomic E-state index is 13.1. The minimum absolute atomic E-state index is 0.0401. The van der Waals surface area contributed by atoms with Gasteiger partial charge < -0.3 is 9.30 Å². The molecule has 3 aromatic rings. The predicted octanol–water partition coefficient (Wildman–Crippen LogP) is 1.97. The summed E-state index contributed by atoms with van der Waals surface area (Å²) >= 11 is 0. The number of imidazole rings is 1. The average molecular weight is 382 g/mol. The summed E-state index contributed by atoms with van der Waals surface area (Å²) in [5, 5.41) is 0. The second-order valence-corrected chi connectivity index (χ2v) is 6.36. The number of aryl methyl sites for hydroxylation is 1. The molecule has 0 amide bonds. The number of aromatic nitrogens is 4. The zero-order chi connectivity index (χ0) is 20.4. The van der Waals surface area contributed by atoms with Crippen LogP contribution in [0.5, 0.6) is 0 Å². The Morgan fingerprint density at radius 3 is 2.68 bits per heavy atom. The Bertz CT molecular complexity index is 1170. The summed E-state index contributed by atoms with van der Waals surface area (Å²) in [5.41, 5.74) is 0.775. The Morgan fingerprint density at radius 1 is 1.32 bits per heavy atom. The van der Waals surface area contributed by atoms with Crippen LogP contribution in [0.4, 0.5) is 0 Å². The van der Waals surface area contributed by atoms with Gasteiger partial charge in [-0.05, 0) is 32.4 Å². The molecular formula is C20H22N4O4. The molecule has 2 aromatic heterocycles. The monoisotopic (exact) mass is 382 g/mol. The van der Waals surface area contributed by atoms with Crippen molar-refractivity contribution in [2.24, 2.45) is 0 Å². The number of carbonyl (C=O) groups excluding carboxylic acids is 1. The van der Waals surface area contributed by atoms with Crippen molar-refractivity contribution in [3.8, 4) is 5.69 Å². The van der Waals surface area contributed by atoms with E-state index in [1.54, 1.807) is 19.9 Å². The van der Waals surface area contributed by atoms with Gasteiger partial charge in [0, 0.05) is 6.54 Å². The lowest BCUT2D eigenvalue weighted by Crippen LogP contribution is -2.40. The predicted molar refractivity (Wildman–Crippen MR) is 106 cm³/mol. The van der Waals surface area contributed by atoms with Crippen LogP contribution in [0.25, 0.3) is 16.9 Å². The van der Waals surface area contributed by atoms with Gasteiger partial charge in [0.1, 0.15) is 6.04 Å². The molecule has 1 aromatic carbocycles. The van der Waals surface area contributed by atoms with Crippen molar-refractivity contribution in [2.75, 3.05) is 6.61 Å². The summed E-state index contributed by atoms with van der Waals surface area (Å²) in [4.78, 5) is 42.7. The Labute approximate surface area is 161 Å². The molecule has 0 aliphatic rings. The van der Waals surface area contributed by atoms with Crippen molar-refractivity contribution in [2.45, 2.75) is 33.4 Å². The van der Waals surface area contributed by atoms with Gasteiger partial charge in [-0.3, -0.25) is 9.36 Å². The number of esters is 1. The summed E-state index contributed by atoms with van der Waals surface area (Å²) in [6.07, 6.45) is 2.87. The molecule has 2 heterocycles. The van der Waals surface area contributed by atoms with E-state index in [-0.39, 0.29) is 24.3 Å². The first kappa shape index (κ1) is 19.3. The quantitative estimate of drug-likeness (QED) is 0.480. The molecule has 0 spiro atoms. The fourth-order valence-corrected chi connectivity index (χ4v) is 3.14. The summed E-state index contributed by atoms with van der Waals surface area (Å²) in [6, 6.07) is 6.56. The molecular weight excluding hydrogens is 360 g/mol. The third-order valence-corrected chi connectivity index (χ3v) is 4.57. The minimum atomic E-state index is -0.766. The average Bonchev–Trinajstić information content (AvgIpc) is 3.11. The fourth-order valence-electron chi connectivity index (χ4n) is 3.14. The highest BCUT2D eigenvalue weighted by Gasteiger charge is 2.24. The number of hydrogen-bond acceptors (Lipinski definition) is 5. The number of allylic oxidation sites excluding steroid dienone is 1. The van der Waals surface area contributed by atoms with Crippen LogP contribution in [0.15, 0.2) is 52.8 Å². The second kappa shape index (κ2) is 7.67. The SMILES string of the molecule is C=CCn1c(=O)c2c(ncn2[C@H](C)C(=O)OCC)n(-c2ccccc2C)c1=O. The largest absolute Gasteiger partial charge is 0.464 e. The number of hydrogen-bond donors (Lipinski definition) is 0. The topological polar surface area (TPSA) is 88.1 Å². The van der Waals surface area contributed by atoms with E-state index in [0.717, 1.165) is 10.1 Å². The molecule has 0 aliphatic carbocycles. The van der Waals surface area contributed by atoms with E-state index in [1.165, 1.54) is 21.5 Å². The summed E-state index contributed by atoms with van der Waals surface area (Å²) in [5.74, 6) is -0.481. The first-order valence-corrected chi connectivity index (χ1v) is 8.98. The number of para-hydroxylation sites is 1. The van der Waals surface area contributed by atoms with Crippen LogP contribution in [-0.4, -0.2) is 31.3 Å². The minimum Gasteiger partial charge on any atom is -0.464 e. The molecule has 8 heteroatoms. The Kier molecular flexibility index (Phi) is 5.30. The van der Waals surface area contributed by atoms with Gasteiger partial charge in [-0.1, -0.05) is 24.3 Å². The lowest BCUT2D eigenvalue weighted by Gasteiger charge is -2.15. The van der Waals surface area contributed by atoms with Gasteiger partial charge in [-0.15, -0.1) is 6.58 Å². The third kappa shape index (κ3) is 3.06. The van der Waals surface area contributed by atoms with E-state index in [2.05, 4.69) is 11.6 Å². The van der Waals surface area contributed by atoms with Crippen LogP contribution >= 0.6 is 0 Å². The Hall–Kier alpha value is -3.42. The summed E-state index contributed by atoms with van der Waals surface area (Å²) in [7, 11) is 0. The maximum Gasteiger partial charge on any atom is 0.337 e. The van der Waals surface area contributed by atoms with Crippen molar-refractivity contribution in [1.29, 1.82) is 0 Å². The van der Waals surface area contributed by atoms with Crippen LogP contribution in [0.3, 0.4) is 0 Å². The Morgan fingerprint density at radius 2 is 2.04 bits per heavy atom. The van der Waals surface area contributed by atoms with Crippen LogP contribution < -0.4 is 11.2 Å². The highest BCUT2D eigenvalue weighted by atomic mass is 16.5. The van der Waals surface area contributed by atoms with E-state index >= 15 is 0 Å². The van der Waals surface area contributed by atoms with E-state index in [4.69, 9.17) is 4.74 Å². The first-order chi connectivity index (χ1) is 13.4. The Balaban J connectivity index is 2.41. The van der Waals surface area contributed by atoms with Crippen molar-refractivity contribution in [1.82, 2.24) is 18.7 Å². The zero-order valence-electron chi connectivity index (χ0n) is 16.1. The number of carbonyl (C=O) groups is 1. The van der Waals surface area contributed by atoms with Crippen molar-refractivity contribution < 1.29 is 9.53 Å². The molecule has 0 N–H and O–H groups in total. The van der Waals surface area contributed by atoms with Gasteiger partial charge >= 0.3 is 11.7 Å². The number of rotatable bonds is 6. The zero-order valence-corrected chi connectivity index (χ0v) is 16.1. The fraction of sp³-hybridized carbons (Fsp3) is 0.300. The van der Waals surface area contributed by atoms with Crippen LogP contribution in [0.1, 0.15) is 25.5 Å². The van der Waals surface area contributed by atoms with Crippen LogP contribution in [0, 0.1) is 6.92 Å². The molecule has 28 heavy (non-hydrogen) atoms. The van der Waals surface area contributed by atoms with Gasteiger partial charge in [0.25, 0.3) is 5.56 Å². The van der Waals surface area contributed by atoms with Gasteiger partial charge in [-0.2, -0.15) is 0 Å². The van der Waals surface area contributed by atoms with Gasteiger partial charge in [0.2, 0.25) is 0 Å². The van der Waals surface area contributed by atoms with E-state index in [0.29, 0.717) is 5.69 Å². The summed E-state index contributed by atoms with van der Waals surface area (Å²) in [6.45, 7) is 9.10. The smallest absolute Gasteiger partial charge is 0.337 e. The van der Waals surface area contributed by atoms with Gasteiger partial charge in [0.05, 0.1) is 18.6 Å². The van der Waals surface area contributed by atoms with Crippen molar-refractivity contribution in [3.63, 3.8) is 0 Å². The van der Waals surface area contributed by atoms with Crippen molar-refractivity contribution in [3.05, 3.63) is 69.6 Å². The maximum atomic E-state index is 13.1. The van der Waals surface area contributed by atoms with E-state index in [9.17, 15) is 14.4 Å². The lowest BCUT2D eigenvalue weighted by atomic mass is 10.2. The highest BCUT2D eigenvalue weighted by molar-refractivity contribution is 5.79. The molecule has 1 atom stereocenters. The van der Waals surface area contributed by atoms with Gasteiger partial charge in [-0.25, -0.2) is 19.1 Å². The first-order valence-electron chi connectivity index (χ1n) is 8.98. The molecule has 0 radical (unpaired) electrons. The molecule has 0 bridgehead atoms. The van der Waals surface area contributed by atoms with Crippen LogP contribution in [-0.2, 0) is 16.1 Å². The number of fused-ring (bicyclic) bond motifs is 1. The molecule has 0 fully saturated rings. The van der Waals surface area contributed by atoms with Gasteiger partial charge in [0.15, 0.2) is 11.2 Å². The highest BCUT2D eigenvalue weighted by Crippen LogP contribution is 2.19. The molecule has 0 aliphatic heterocycles. The molecule has 0 unspecified atom stereocenters. The molecule has 8 nitrogen and oxygen atoms in total. The number of benzene rings is 1. The van der Waals surface area contributed by atoms with Crippen LogP contribution in [0.2, 0.25) is 0 Å². The molecule has 0 saturated carbocycles. The number of ether oxygens (including phenoxy) is 1. The second-order valence-electron chi connectivity index (χ2n) is 6.36. The summed E-state index contributed by atoms with van der Waals surface area (Å²) < 4.78 is 8.99. The molecule has 146 valence electrons. The molecule has 3 rings (SSSR count). The molecule has 0 saturated heterocycles. The third-order valence-electron chi connectivity index (χ3n) is 4.57. The number of nitrogens with zero attached hydrogens (tertiary/aromatic N) is 4. The lowest BCUT2D eigenvalue weighted by molar-refractivity contribution is -0.146.